The van der Waals surface area contributed by atoms with Crippen molar-refractivity contribution >= 4 is 23.1 Å². The van der Waals surface area contributed by atoms with E-state index in [0.29, 0.717) is 19.3 Å². The molecule has 0 radical (unpaired) electrons. The van der Waals surface area contributed by atoms with Crippen molar-refractivity contribution in [2.45, 2.75) is 47.9 Å². The van der Waals surface area contributed by atoms with Crippen molar-refractivity contribution in [2.24, 2.45) is 0 Å². The highest BCUT2D eigenvalue weighted by Crippen LogP contribution is 2.51. The highest BCUT2D eigenvalue weighted by Gasteiger charge is 2.23. The highest BCUT2D eigenvalue weighted by molar-refractivity contribution is 7.99. The van der Waals surface area contributed by atoms with Gasteiger partial charge in [-0.25, -0.2) is 0 Å². The average Bonchev–Trinajstić information content (AvgIpc) is 2.88. The number of aromatic amines is 1. The van der Waals surface area contributed by atoms with Gasteiger partial charge in [0.05, 0.1) is 28.7 Å². The SMILES string of the molecule is O=c1cc(N2CCOCC2)cc(-c2cccc3c2Oc2ccc(NC4CCCCC4)cc2S3)[nH]1. The summed E-state index contributed by atoms with van der Waals surface area (Å²) in [5.41, 5.74) is 3.63. The van der Waals surface area contributed by atoms with E-state index < -0.39 is 0 Å². The zero-order valence-electron chi connectivity index (χ0n) is 19.1. The van der Waals surface area contributed by atoms with Gasteiger partial charge in [-0.1, -0.05) is 37.1 Å². The Balaban J connectivity index is 1.29. The summed E-state index contributed by atoms with van der Waals surface area (Å²) >= 11 is 1.72. The van der Waals surface area contributed by atoms with Crippen molar-refractivity contribution in [3.63, 3.8) is 0 Å². The maximum Gasteiger partial charge on any atom is 0.250 e. The molecule has 1 aliphatic carbocycles. The molecule has 2 aliphatic heterocycles. The predicted octanol–water partition coefficient (Wildman–Crippen LogP) is 5.88. The lowest BCUT2D eigenvalue weighted by molar-refractivity contribution is 0.122. The molecule has 2 aromatic carbocycles. The van der Waals surface area contributed by atoms with Crippen LogP contribution in [0.3, 0.4) is 0 Å². The largest absolute Gasteiger partial charge is 0.454 e. The molecule has 7 heteroatoms. The number of nitrogens with zero attached hydrogens (tertiary/aromatic N) is 1. The van der Waals surface area contributed by atoms with Gasteiger partial charge in [0.2, 0.25) is 5.56 Å². The van der Waals surface area contributed by atoms with Gasteiger partial charge >= 0.3 is 0 Å². The molecule has 6 rings (SSSR count). The summed E-state index contributed by atoms with van der Waals surface area (Å²) in [6.45, 7) is 2.92. The summed E-state index contributed by atoms with van der Waals surface area (Å²) in [7, 11) is 0. The van der Waals surface area contributed by atoms with E-state index in [0.717, 1.165) is 57.0 Å². The molecule has 1 aromatic heterocycles. The molecule has 3 aliphatic rings. The van der Waals surface area contributed by atoms with Crippen molar-refractivity contribution in [1.82, 2.24) is 4.98 Å². The second-order valence-electron chi connectivity index (χ2n) is 9.19. The Hall–Kier alpha value is -2.90. The van der Waals surface area contributed by atoms with Crippen molar-refractivity contribution < 1.29 is 9.47 Å². The molecular formula is C27H29N3O3S. The molecule has 3 heterocycles. The van der Waals surface area contributed by atoms with Gasteiger partial charge in [-0.15, -0.1) is 0 Å². The van der Waals surface area contributed by atoms with Gasteiger partial charge in [-0.2, -0.15) is 0 Å². The van der Waals surface area contributed by atoms with E-state index in [1.54, 1.807) is 17.8 Å². The molecule has 0 bridgehead atoms. The topological polar surface area (TPSA) is 66.6 Å². The zero-order valence-corrected chi connectivity index (χ0v) is 20.0. The Morgan fingerprint density at radius 1 is 0.971 bits per heavy atom. The Morgan fingerprint density at radius 3 is 2.68 bits per heavy atom. The third kappa shape index (κ3) is 4.42. The summed E-state index contributed by atoms with van der Waals surface area (Å²) in [6.07, 6.45) is 6.46. The average molecular weight is 476 g/mol. The number of H-pyrrole nitrogens is 1. The molecule has 0 atom stereocenters. The Labute approximate surface area is 203 Å². The number of nitrogens with one attached hydrogen (secondary N) is 2. The number of morpholine rings is 1. The predicted molar refractivity (Wildman–Crippen MR) is 137 cm³/mol. The number of pyridine rings is 1. The number of para-hydroxylation sites is 1. The molecule has 34 heavy (non-hydrogen) atoms. The molecule has 2 N–H and O–H groups in total. The maximum atomic E-state index is 12.5. The molecule has 2 fully saturated rings. The van der Waals surface area contributed by atoms with Crippen LogP contribution in [0, 0.1) is 0 Å². The van der Waals surface area contributed by atoms with E-state index in [1.807, 2.05) is 18.2 Å². The van der Waals surface area contributed by atoms with Crippen molar-refractivity contribution in [2.75, 3.05) is 36.5 Å². The first-order valence-electron chi connectivity index (χ1n) is 12.2. The smallest absolute Gasteiger partial charge is 0.250 e. The summed E-state index contributed by atoms with van der Waals surface area (Å²) in [5, 5.41) is 3.71. The van der Waals surface area contributed by atoms with E-state index >= 15 is 0 Å². The van der Waals surface area contributed by atoms with Crippen LogP contribution in [0.25, 0.3) is 11.3 Å². The first-order valence-corrected chi connectivity index (χ1v) is 13.0. The van der Waals surface area contributed by atoms with Crippen molar-refractivity contribution in [3.8, 4) is 22.8 Å². The quantitative estimate of drug-likeness (QED) is 0.384. The van der Waals surface area contributed by atoms with Gasteiger partial charge in [-0.3, -0.25) is 4.79 Å². The van der Waals surface area contributed by atoms with Crippen LogP contribution in [0.2, 0.25) is 0 Å². The van der Waals surface area contributed by atoms with Gasteiger partial charge in [0.25, 0.3) is 0 Å². The van der Waals surface area contributed by atoms with Crippen LogP contribution in [0.5, 0.6) is 11.5 Å². The molecule has 1 saturated heterocycles. The Bertz CT molecular complexity index is 1250. The van der Waals surface area contributed by atoms with Crippen LogP contribution in [-0.2, 0) is 4.74 Å². The van der Waals surface area contributed by atoms with Crippen LogP contribution in [0.1, 0.15) is 32.1 Å². The number of hydrogen-bond acceptors (Lipinski definition) is 6. The van der Waals surface area contributed by atoms with Gasteiger partial charge in [-0.05, 0) is 49.2 Å². The fourth-order valence-electron chi connectivity index (χ4n) is 5.06. The van der Waals surface area contributed by atoms with Gasteiger partial charge < -0.3 is 24.7 Å². The van der Waals surface area contributed by atoms with E-state index in [-0.39, 0.29) is 5.56 Å². The third-order valence-electron chi connectivity index (χ3n) is 6.83. The molecule has 0 amide bonds. The number of ether oxygens (including phenoxy) is 2. The normalized spacial score (nSPS) is 18.1. The van der Waals surface area contributed by atoms with Crippen LogP contribution in [0.15, 0.2) is 63.1 Å². The van der Waals surface area contributed by atoms with Gasteiger partial charge in [0.1, 0.15) is 5.75 Å². The lowest BCUT2D eigenvalue weighted by atomic mass is 9.95. The first kappa shape index (κ1) is 21.6. The molecule has 0 unspecified atom stereocenters. The van der Waals surface area contributed by atoms with E-state index in [9.17, 15) is 4.79 Å². The maximum absolute atomic E-state index is 12.5. The minimum absolute atomic E-state index is 0.112. The lowest BCUT2D eigenvalue weighted by Gasteiger charge is -2.29. The van der Waals surface area contributed by atoms with Crippen LogP contribution in [-0.4, -0.2) is 37.3 Å². The fraction of sp³-hybridized carbons (Fsp3) is 0.370. The first-order chi connectivity index (χ1) is 16.7. The van der Waals surface area contributed by atoms with Gasteiger partial charge in [0.15, 0.2) is 5.75 Å². The van der Waals surface area contributed by atoms with Crippen molar-refractivity contribution in [3.05, 3.63) is 58.9 Å². The molecule has 0 spiro atoms. The fourth-order valence-corrected chi connectivity index (χ4v) is 6.09. The molecule has 3 aromatic rings. The second-order valence-corrected chi connectivity index (χ2v) is 10.3. The van der Waals surface area contributed by atoms with E-state index in [2.05, 4.69) is 39.5 Å². The monoisotopic (exact) mass is 475 g/mol. The highest BCUT2D eigenvalue weighted by atomic mass is 32.2. The van der Waals surface area contributed by atoms with Crippen molar-refractivity contribution in [1.29, 1.82) is 0 Å². The number of fused-ring (bicyclic) bond motifs is 2. The van der Waals surface area contributed by atoms with E-state index in [4.69, 9.17) is 9.47 Å². The number of benzene rings is 2. The summed E-state index contributed by atoms with van der Waals surface area (Å²) in [6, 6.07) is 16.8. The number of rotatable bonds is 4. The minimum Gasteiger partial charge on any atom is -0.454 e. The standard InChI is InChI=1S/C27H29N3O3S/c31-26-17-20(30-11-13-32-14-12-30)16-22(29-26)21-7-4-8-24-27(21)33-23-10-9-19(15-25(23)34-24)28-18-5-2-1-3-6-18/h4,7-10,15-18,28H,1-3,5-6,11-14H2,(H,29,31). The van der Waals surface area contributed by atoms with Gasteiger partial charge in [0, 0.05) is 42.1 Å². The zero-order chi connectivity index (χ0) is 22.9. The second kappa shape index (κ2) is 9.39. The minimum atomic E-state index is -0.112. The molecule has 176 valence electrons. The Morgan fingerprint density at radius 2 is 1.82 bits per heavy atom. The van der Waals surface area contributed by atoms with Crippen LogP contribution in [0.4, 0.5) is 11.4 Å². The molecule has 1 saturated carbocycles. The Kier molecular flexibility index (Phi) is 5.97. The van der Waals surface area contributed by atoms with Crippen LogP contribution < -0.4 is 20.5 Å². The number of aromatic nitrogens is 1. The number of hydrogen-bond donors (Lipinski definition) is 2. The van der Waals surface area contributed by atoms with E-state index in [1.165, 1.54) is 32.1 Å². The molecule has 6 nitrogen and oxygen atoms in total. The summed E-state index contributed by atoms with van der Waals surface area (Å²) in [4.78, 5) is 19.9. The summed E-state index contributed by atoms with van der Waals surface area (Å²) < 4.78 is 11.9. The molecular weight excluding hydrogens is 446 g/mol. The van der Waals surface area contributed by atoms with Crippen LogP contribution >= 0.6 is 11.8 Å². The number of anilines is 2. The third-order valence-corrected chi connectivity index (χ3v) is 7.91. The lowest BCUT2D eigenvalue weighted by Crippen LogP contribution is -2.36. The summed E-state index contributed by atoms with van der Waals surface area (Å²) in [5.74, 6) is 1.65.